The van der Waals surface area contributed by atoms with E-state index in [-0.39, 0.29) is 6.04 Å². The topological polar surface area (TPSA) is 43.8 Å². The summed E-state index contributed by atoms with van der Waals surface area (Å²) in [6.07, 6.45) is 10.4. The first kappa shape index (κ1) is 8.51. The molecule has 1 fully saturated rings. The Balaban J connectivity index is 2.14. The van der Waals surface area contributed by atoms with Gasteiger partial charge in [-0.15, -0.1) is 0 Å². The van der Waals surface area contributed by atoms with Gasteiger partial charge in [0.2, 0.25) is 0 Å². The Morgan fingerprint density at radius 3 is 3.08 bits per heavy atom. The summed E-state index contributed by atoms with van der Waals surface area (Å²) < 4.78 is 2.22. The predicted octanol–water partition coefficient (Wildman–Crippen LogP) is 1.58. The Bertz CT molecular complexity index is 308. The number of aromatic nitrogens is 2. The second-order valence-electron chi connectivity index (χ2n) is 3.68. The molecule has 3 heteroatoms. The highest BCUT2D eigenvalue weighted by Gasteiger charge is 2.24. The standard InChI is InChI=1S/C10H15N3/c1-8(11)2-3-10-6-12-7-13(10)9-4-5-9/h2-3,6-9H,4-5,11H2,1H3/b3-2+. The van der Waals surface area contributed by atoms with Gasteiger partial charge in [0.15, 0.2) is 0 Å². The van der Waals surface area contributed by atoms with Crippen molar-refractivity contribution in [3.05, 3.63) is 24.3 Å². The summed E-state index contributed by atoms with van der Waals surface area (Å²) in [5.74, 6) is 0. The molecular weight excluding hydrogens is 162 g/mol. The number of hydrogen-bond donors (Lipinski definition) is 1. The second-order valence-corrected chi connectivity index (χ2v) is 3.68. The van der Waals surface area contributed by atoms with Gasteiger partial charge in [-0.3, -0.25) is 0 Å². The molecule has 0 spiro atoms. The van der Waals surface area contributed by atoms with Gasteiger partial charge in [-0.1, -0.05) is 6.08 Å². The minimum atomic E-state index is 0.113. The molecule has 1 aliphatic carbocycles. The maximum Gasteiger partial charge on any atom is 0.0953 e. The Morgan fingerprint density at radius 1 is 1.69 bits per heavy atom. The third-order valence-corrected chi connectivity index (χ3v) is 2.21. The predicted molar refractivity (Wildman–Crippen MR) is 53.2 cm³/mol. The van der Waals surface area contributed by atoms with Gasteiger partial charge in [0.05, 0.1) is 18.2 Å². The summed E-state index contributed by atoms with van der Waals surface area (Å²) in [7, 11) is 0. The van der Waals surface area contributed by atoms with E-state index in [4.69, 9.17) is 5.73 Å². The van der Waals surface area contributed by atoms with E-state index >= 15 is 0 Å². The van der Waals surface area contributed by atoms with Crippen LogP contribution in [0.5, 0.6) is 0 Å². The van der Waals surface area contributed by atoms with Gasteiger partial charge in [0.25, 0.3) is 0 Å². The molecule has 13 heavy (non-hydrogen) atoms. The molecule has 0 amide bonds. The Morgan fingerprint density at radius 2 is 2.46 bits per heavy atom. The van der Waals surface area contributed by atoms with Crippen LogP contribution in [-0.4, -0.2) is 15.6 Å². The molecule has 0 saturated heterocycles. The van der Waals surface area contributed by atoms with Gasteiger partial charge in [0, 0.05) is 12.1 Å². The van der Waals surface area contributed by atoms with Gasteiger partial charge in [-0.05, 0) is 25.8 Å². The summed E-state index contributed by atoms with van der Waals surface area (Å²) in [6.45, 7) is 1.97. The first-order valence-corrected chi connectivity index (χ1v) is 4.73. The average molecular weight is 177 g/mol. The molecule has 1 aromatic rings. The molecule has 2 rings (SSSR count). The van der Waals surface area contributed by atoms with Crippen molar-refractivity contribution in [1.29, 1.82) is 0 Å². The molecule has 70 valence electrons. The normalized spacial score (nSPS) is 19.5. The molecule has 1 heterocycles. The van der Waals surface area contributed by atoms with E-state index < -0.39 is 0 Å². The van der Waals surface area contributed by atoms with Gasteiger partial charge in [-0.2, -0.15) is 0 Å². The number of hydrogen-bond acceptors (Lipinski definition) is 2. The molecule has 0 bridgehead atoms. The second kappa shape index (κ2) is 3.34. The Hall–Kier alpha value is -1.09. The fourth-order valence-corrected chi connectivity index (χ4v) is 1.35. The van der Waals surface area contributed by atoms with Crippen LogP contribution in [0.25, 0.3) is 6.08 Å². The van der Waals surface area contributed by atoms with E-state index in [9.17, 15) is 0 Å². The third kappa shape index (κ3) is 1.98. The molecule has 1 aliphatic rings. The molecular formula is C10H15N3. The van der Waals surface area contributed by atoms with Crippen molar-refractivity contribution in [3.8, 4) is 0 Å². The van der Waals surface area contributed by atoms with Crippen LogP contribution in [0.1, 0.15) is 31.5 Å². The van der Waals surface area contributed by atoms with Crippen LogP contribution in [0.2, 0.25) is 0 Å². The zero-order chi connectivity index (χ0) is 9.26. The molecule has 1 saturated carbocycles. The maximum atomic E-state index is 5.63. The van der Waals surface area contributed by atoms with Crippen molar-refractivity contribution in [2.45, 2.75) is 31.8 Å². The van der Waals surface area contributed by atoms with Crippen molar-refractivity contribution < 1.29 is 0 Å². The third-order valence-electron chi connectivity index (χ3n) is 2.21. The lowest BCUT2D eigenvalue weighted by molar-refractivity contribution is 0.733. The smallest absolute Gasteiger partial charge is 0.0953 e. The van der Waals surface area contributed by atoms with E-state index in [1.807, 2.05) is 25.5 Å². The fraction of sp³-hybridized carbons (Fsp3) is 0.500. The fourth-order valence-electron chi connectivity index (χ4n) is 1.35. The zero-order valence-electron chi connectivity index (χ0n) is 7.85. The van der Waals surface area contributed by atoms with Crippen LogP contribution in [0.3, 0.4) is 0 Å². The lowest BCUT2D eigenvalue weighted by Gasteiger charge is -2.01. The van der Waals surface area contributed by atoms with E-state index in [0.29, 0.717) is 6.04 Å². The lowest BCUT2D eigenvalue weighted by atomic mass is 10.3. The van der Waals surface area contributed by atoms with Crippen LogP contribution >= 0.6 is 0 Å². The monoisotopic (exact) mass is 177 g/mol. The van der Waals surface area contributed by atoms with Crippen molar-refractivity contribution in [1.82, 2.24) is 9.55 Å². The van der Waals surface area contributed by atoms with Crippen LogP contribution in [0.15, 0.2) is 18.6 Å². The Kier molecular flexibility index (Phi) is 2.19. The van der Waals surface area contributed by atoms with Crippen LogP contribution in [0, 0.1) is 0 Å². The van der Waals surface area contributed by atoms with Crippen molar-refractivity contribution in [3.63, 3.8) is 0 Å². The zero-order valence-corrected chi connectivity index (χ0v) is 7.85. The van der Waals surface area contributed by atoms with Crippen LogP contribution in [-0.2, 0) is 0 Å². The van der Waals surface area contributed by atoms with Gasteiger partial charge in [0.1, 0.15) is 0 Å². The summed E-state index contributed by atoms with van der Waals surface area (Å²) in [6, 6.07) is 0.804. The largest absolute Gasteiger partial charge is 0.328 e. The minimum absolute atomic E-state index is 0.113. The summed E-state index contributed by atoms with van der Waals surface area (Å²) in [5.41, 5.74) is 6.80. The number of nitrogens with zero attached hydrogens (tertiary/aromatic N) is 2. The molecule has 1 atom stereocenters. The summed E-state index contributed by atoms with van der Waals surface area (Å²) in [4.78, 5) is 4.13. The van der Waals surface area contributed by atoms with E-state index in [1.54, 1.807) is 0 Å². The van der Waals surface area contributed by atoms with Crippen molar-refractivity contribution in [2.24, 2.45) is 5.73 Å². The number of nitrogens with two attached hydrogens (primary N) is 1. The minimum Gasteiger partial charge on any atom is -0.328 e. The van der Waals surface area contributed by atoms with Gasteiger partial charge >= 0.3 is 0 Å². The molecule has 0 aromatic carbocycles. The first-order valence-electron chi connectivity index (χ1n) is 4.73. The highest BCUT2D eigenvalue weighted by molar-refractivity contribution is 5.45. The van der Waals surface area contributed by atoms with Gasteiger partial charge in [-0.25, -0.2) is 4.98 Å². The highest BCUT2D eigenvalue weighted by Crippen LogP contribution is 2.35. The van der Waals surface area contributed by atoms with E-state index in [0.717, 1.165) is 0 Å². The van der Waals surface area contributed by atoms with Gasteiger partial charge < -0.3 is 10.3 Å². The number of rotatable bonds is 3. The lowest BCUT2D eigenvalue weighted by Crippen LogP contribution is -2.10. The quantitative estimate of drug-likeness (QED) is 0.761. The van der Waals surface area contributed by atoms with Crippen LogP contribution in [0.4, 0.5) is 0 Å². The van der Waals surface area contributed by atoms with E-state index in [2.05, 4.69) is 15.6 Å². The molecule has 0 aliphatic heterocycles. The molecule has 0 radical (unpaired) electrons. The SMILES string of the molecule is CC(N)/C=C/c1cncn1C1CC1. The highest BCUT2D eigenvalue weighted by atomic mass is 15.1. The van der Waals surface area contributed by atoms with E-state index in [1.165, 1.54) is 18.5 Å². The van der Waals surface area contributed by atoms with Crippen molar-refractivity contribution >= 4 is 6.08 Å². The Labute approximate surface area is 78.3 Å². The molecule has 2 N–H and O–H groups in total. The molecule has 3 nitrogen and oxygen atoms in total. The summed E-state index contributed by atoms with van der Waals surface area (Å²) >= 11 is 0. The number of imidazole rings is 1. The maximum absolute atomic E-state index is 5.63. The first-order chi connectivity index (χ1) is 6.27. The molecule has 1 aromatic heterocycles. The van der Waals surface area contributed by atoms with Crippen LogP contribution < -0.4 is 5.73 Å². The molecule has 1 unspecified atom stereocenters. The summed E-state index contributed by atoms with van der Waals surface area (Å²) in [5, 5.41) is 0. The average Bonchev–Trinajstić information content (AvgIpc) is 2.82. The van der Waals surface area contributed by atoms with Crippen molar-refractivity contribution in [2.75, 3.05) is 0 Å².